The number of benzene rings is 1. The molecular weight excluding hydrogens is 218 g/mol. The van der Waals surface area contributed by atoms with Gasteiger partial charge in [-0.1, -0.05) is 18.2 Å². The Balaban J connectivity index is 2.56. The van der Waals surface area contributed by atoms with Crippen LogP contribution in [-0.2, 0) is 0 Å². The van der Waals surface area contributed by atoms with E-state index in [4.69, 9.17) is 17.5 Å². The molecule has 4 heteroatoms. The van der Waals surface area contributed by atoms with E-state index in [2.05, 4.69) is 23.3 Å². The summed E-state index contributed by atoms with van der Waals surface area (Å²) < 4.78 is 0. The molecule has 82 valence electrons. The number of hydrogen-bond donors (Lipinski definition) is 2. The highest BCUT2D eigenvalue weighted by molar-refractivity contribution is 7.80. The largest absolute Gasteiger partial charge is 0.359 e. The van der Waals surface area contributed by atoms with Crippen molar-refractivity contribution in [3.63, 3.8) is 0 Å². The lowest BCUT2D eigenvalue weighted by atomic mass is 10.2. The fourth-order valence-electron chi connectivity index (χ4n) is 1.07. The molecule has 0 saturated carbocycles. The molecule has 16 heavy (non-hydrogen) atoms. The summed E-state index contributed by atoms with van der Waals surface area (Å²) in [6, 6.07) is 9.23. The third kappa shape index (κ3) is 4.11. The molecule has 0 amide bonds. The summed E-state index contributed by atoms with van der Waals surface area (Å²) in [4.78, 5) is 0. The number of rotatable bonds is 3. The van der Waals surface area contributed by atoms with E-state index in [0.29, 0.717) is 17.2 Å². The molecular formula is C12H13N3S. The Morgan fingerprint density at radius 3 is 2.94 bits per heavy atom. The SMILES string of the molecule is C=C(C)CNC(=S)Nc1cccc(C#N)c1. The molecule has 0 bridgehead atoms. The van der Waals surface area contributed by atoms with Crippen LogP contribution in [0.2, 0.25) is 0 Å². The lowest BCUT2D eigenvalue weighted by Crippen LogP contribution is -2.29. The van der Waals surface area contributed by atoms with Crippen molar-refractivity contribution in [1.82, 2.24) is 5.32 Å². The Labute approximate surface area is 101 Å². The predicted octanol–water partition coefficient (Wildman–Crippen LogP) is 2.42. The van der Waals surface area contributed by atoms with Crippen molar-refractivity contribution in [2.75, 3.05) is 11.9 Å². The van der Waals surface area contributed by atoms with E-state index < -0.39 is 0 Å². The zero-order valence-corrected chi connectivity index (χ0v) is 9.90. The summed E-state index contributed by atoms with van der Waals surface area (Å²) >= 11 is 5.09. The molecule has 0 spiro atoms. The first-order valence-corrected chi connectivity index (χ1v) is 5.22. The van der Waals surface area contributed by atoms with E-state index in [0.717, 1.165) is 11.3 Å². The van der Waals surface area contributed by atoms with Crippen LogP contribution in [0.5, 0.6) is 0 Å². The average Bonchev–Trinajstić information content (AvgIpc) is 2.26. The topological polar surface area (TPSA) is 47.8 Å². The van der Waals surface area contributed by atoms with Crippen LogP contribution in [0.3, 0.4) is 0 Å². The summed E-state index contributed by atoms with van der Waals surface area (Å²) in [6.45, 7) is 6.33. The lowest BCUT2D eigenvalue weighted by molar-refractivity contribution is 1.000. The summed E-state index contributed by atoms with van der Waals surface area (Å²) in [7, 11) is 0. The van der Waals surface area contributed by atoms with Crippen LogP contribution in [-0.4, -0.2) is 11.7 Å². The normalized spacial score (nSPS) is 9.00. The summed E-state index contributed by atoms with van der Waals surface area (Å²) in [6.07, 6.45) is 0. The molecule has 0 unspecified atom stereocenters. The molecule has 0 heterocycles. The fraction of sp³-hybridized carbons (Fsp3) is 0.167. The van der Waals surface area contributed by atoms with Crippen LogP contribution in [0.4, 0.5) is 5.69 Å². The van der Waals surface area contributed by atoms with Crippen molar-refractivity contribution >= 4 is 23.0 Å². The zero-order valence-electron chi connectivity index (χ0n) is 9.08. The van der Waals surface area contributed by atoms with Gasteiger partial charge in [0, 0.05) is 12.2 Å². The highest BCUT2D eigenvalue weighted by Crippen LogP contribution is 2.09. The van der Waals surface area contributed by atoms with Crippen molar-refractivity contribution < 1.29 is 0 Å². The standard InChI is InChI=1S/C12H13N3S/c1-9(2)8-14-12(16)15-11-5-3-4-10(6-11)7-13/h3-6H,1,8H2,2H3,(H2,14,15,16). The van der Waals surface area contributed by atoms with Gasteiger partial charge < -0.3 is 10.6 Å². The van der Waals surface area contributed by atoms with Crippen molar-refractivity contribution in [1.29, 1.82) is 5.26 Å². The Morgan fingerprint density at radius 1 is 1.56 bits per heavy atom. The molecule has 1 rings (SSSR count). The van der Waals surface area contributed by atoms with E-state index in [9.17, 15) is 0 Å². The molecule has 3 nitrogen and oxygen atoms in total. The van der Waals surface area contributed by atoms with Gasteiger partial charge in [-0.05, 0) is 37.3 Å². The Kier molecular flexibility index (Phi) is 4.49. The number of hydrogen-bond acceptors (Lipinski definition) is 2. The van der Waals surface area contributed by atoms with Crippen LogP contribution in [0.25, 0.3) is 0 Å². The van der Waals surface area contributed by atoms with Gasteiger partial charge in [0.15, 0.2) is 5.11 Å². The number of nitrogens with one attached hydrogen (secondary N) is 2. The minimum atomic E-state index is 0.526. The zero-order chi connectivity index (χ0) is 12.0. The van der Waals surface area contributed by atoms with Crippen molar-refractivity contribution in [3.05, 3.63) is 42.0 Å². The minimum Gasteiger partial charge on any atom is -0.359 e. The van der Waals surface area contributed by atoms with E-state index >= 15 is 0 Å². The average molecular weight is 231 g/mol. The molecule has 1 aromatic rings. The van der Waals surface area contributed by atoms with Crippen LogP contribution < -0.4 is 10.6 Å². The molecule has 0 fully saturated rings. The van der Waals surface area contributed by atoms with Gasteiger partial charge in [0.2, 0.25) is 0 Å². The highest BCUT2D eigenvalue weighted by Gasteiger charge is 1.98. The fourth-order valence-corrected chi connectivity index (χ4v) is 1.26. The van der Waals surface area contributed by atoms with Gasteiger partial charge in [-0.25, -0.2) is 0 Å². The molecule has 0 aliphatic carbocycles. The molecule has 2 N–H and O–H groups in total. The highest BCUT2D eigenvalue weighted by atomic mass is 32.1. The van der Waals surface area contributed by atoms with Crippen LogP contribution >= 0.6 is 12.2 Å². The Hall–Kier alpha value is -1.86. The van der Waals surface area contributed by atoms with E-state index in [1.54, 1.807) is 12.1 Å². The maximum atomic E-state index is 8.73. The minimum absolute atomic E-state index is 0.526. The monoisotopic (exact) mass is 231 g/mol. The van der Waals surface area contributed by atoms with Crippen molar-refractivity contribution in [3.8, 4) is 6.07 Å². The van der Waals surface area contributed by atoms with Gasteiger partial charge in [-0.3, -0.25) is 0 Å². The van der Waals surface area contributed by atoms with Crippen LogP contribution in [0.1, 0.15) is 12.5 Å². The first-order chi connectivity index (χ1) is 7.61. The predicted molar refractivity (Wildman–Crippen MR) is 70.2 cm³/mol. The third-order valence-corrected chi connectivity index (χ3v) is 2.05. The molecule has 0 aliphatic rings. The number of thiocarbonyl (C=S) groups is 1. The number of anilines is 1. The molecule has 0 radical (unpaired) electrons. The maximum Gasteiger partial charge on any atom is 0.171 e. The molecule has 1 aromatic carbocycles. The van der Waals surface area contributed by atoms with Crippen molar-refractivity contribution in [2.45, 2.75) is 6.92 Å². The molecule has 0 aromatic heterocycles. The lowest BCUT2D eigenvalue weighted by Gasteiger charge is -2.10. The molecule has 0 atom stereocenters. The van der Waals surface area contributed by atoms with Gasteiger partial charge in [0.05, 0.1) is 11.6 Å². The summed E-state index contributed by atoms with van der Waals surface area (Å²) in [5.74, 6) is 0. The third-order valence-electron chi connectivity index (χ3n) is 1.80. The number of nitriles is 1. The maximum absolute atomic E-state index is 8.73. The molecule has 0 aliphatic heterocycles. The van der Waals surface area contributed by atoms with Gasteiger partial charge in [0.1, 0.15) is 0 Å². The first-order valence-electron chi connectivity index (χ1n) is 4.81. The van der Waals surface area contributed by atoms with Gasteiger partial charge in [-0.15, -0.1) is 0 Å². The number of nitrogens with zero attached hydrogens (tertiary/aromatic N) is 1. The van der Waals surface area contributed by atoms with Gasteiger partial charge in [-0.2, -0.15) is 5.26 Å². The molecule has 0 saturated heterocycles. The second kappa shape index (κ2) is 5.89. The quantitative estimate of drug-likeness (QED) is 0.619. The smallest absolute Gasteiger partial charge is 0.171 e. The van der Waals surface area contributed by atoms with E-state index in [1.807, 2.05) is 19.1 Å². The second-order valence-electron chi connectivity index (χ2n) is 3.46. The van der Waals surface area contributed by atoms with Gasteiger partial charge in [0.25, 0.3) is 0 Å². The van der Waals surface area contributed by atoms with Crippen LogP contribution in [0.15, 0.2) is 36.4 Å². The summed E-state index contributed by atoms with van der Waals surface area (Å²) in [5.41, 5.74) is 2.42. The van der Waals surface area contributed by atoms with Crippen molar-refractivity contribution in [2.24, 2.45) is 0 Å². The Morgan fingerprint density at radius 2 is 2.31 bits per heavy atom. The van der Waals surface area contributed by atoms with E-state index in [-0.39, 0.29) is 0 Å². The summed E-state index contributed by atoms with van der Waals surface area (Å²) in [5, 5.41) is 15.3. The Bertz CT molecular complexity index is 446. The second-order valence-corrected chi connectivity index (χ2v) is 3.87. The van der Waals surface area contributed by atoms with Gasteiger partial charge >= 0.3 is 0 Å². The van der Waals surface area contributed by atoms with Crippen LogP contribution in [0, 0.1) is 11.3 Å². The van der Waals surface area contributed by atoms with E-state index in [1.165, 1.54) is 0 Å². The first kappa shape index (κ1) is 12.2.